The molecule has 2 N–H and O–H groups in total. The Labute approximate surface area is 196 Å². The highest BCUT2D eigenvalue weighted by molar-refractivity contribution is 7.91. The topological polar surface area (TPSA) is 102 Å². The van der Waals surface area contributed by atoms with Crippen LogP contribution >= 0.6 is 0 Å². The fraction of sp³-hybridized carbons (Fsp3) is 0.583. The number of carbonyl (C=O) groups excluding carboxylic acids is 1. The van der Waals surface area contributed by atoms with Crippen molar-refractivity contribution in [2.24, 2.45) is 0 Å². The molecule has 9 heteroatoms. The van der Waals surface area contributed by atoms with Gasteiger partial charge < -0.3 is 15.4 Å². The minimum atomic E-state index is -3.20. The number of aromatic nitrogens is 2. The molecule has 2 atom stereocenters. The van der Waals surface area contributed by atoms with E-state index in [-0.39, 0.29) is 35.4 Å². The standard InChI is InChI=1S/C24H34N4O4S/c1-15(2)25-23(29)32-19-9-7-17(12-19)20-14-22(28(27-20)24(3,4)5)26-18-8-6-16-10-11-33(30,31)21(16)13-18/h6,8,13-15,17,19,26H,7,9-12H2,1-5H3,(H,25,29)/t17-,19+/m0/s1. The summed E-state index contributed by atoms with van der Waals surface area (Å²) in [6, 6.07) is 7.62. The fourth-order valence-corrected chi connectivity index (χ4v) is 6.15. The first-order chi connectivity index (χ1) is 15.4. The Morgan fingerprint density at radius 2 is 1.97 bits per heavy atom. The third-order valence-electron chi connectivity index (χ3n) is 6.16. The molecule has 1 aliphatic carbocycles. The van der Waals surface area contributed by atoms with Crippen LogP contribution in [0.2, 0.25) is 0 Å². The number of benzene rings is 1. The van der Waals surface area contributed by atoms with Crippen molar-refractivity contribution in [1.82, 2.24) is 15.1 Å². The normalized spacial score (nSPS) is 21.8. The number of rotatable bonds is 5. The molecule has 1 aromatic heterocycles. The molecule has 0 saturated heterocycles. The van der Waals surface area contributed by atoms with Crippen molar-refractivity contribution < 1.29 is 17.9 Å². The van der Waals surface area contributed by atoms with Crippen LogP contribution in [0, 0.1) is 0 Å². The maximum atomic E-state index is 12.3. The Hall–Kier alpha value is -2.55. The second-order valence-corrected chi connectivity index (χ2v) is 12.5. The van der Waals surface area contributed by atoms with Gasteiger partial charge in [0.1, 0.15) is 11.9 Å². The molecular formula is C24H34N4O4S. The molecule has 2 aliphatic rings. The van der Waals surface area contributed by atoms with E-state index in [1.807, 2.05) is 36.7 Å². The summed E-state index contributed by atoms with van der Waals surface area (Å²) in [6.07, 6.45) is 2.53. The highest BCUT2D eigenvalue weighted by atomic mass is 32.2. The highest BCUT2D eigenvalue weighted by Gasteiger charge is 2.32. The zero-order valence-corrected chi connectivity index (χ0v) is 20.8. The van der Waals surface area contributed by atoms with Crippen LogP contribution in [0.5, 0.6) is 0 Å². The minimum Gasteiger partial charge on any atom is -0.446 e. The molecule has 180 valence electrons. The Kier molecular flexibility index (Phi) is 6.20. The van der Waals surface area contributed by atoms with Gasteiger partial charge in [0.2, 0.25) is 0 Å². The lowest BCUT2D eigenvalue weighted by Crippen LogP contribution is -2.33. The summed E-state index contributed by atoms with van der Waals surface area (Å²) in [6.45, 7) is 10.1. The van der Waals surface area contributed by atoms with E-state index in [1.165, 1.54) is 0 Å². The SMILES string of the molecule is CC(C)NC(=O)O[C@@H]1CC[C@H](c2cc(Nc3ccc4c(c3)S(=O)(=O)CC4)n(C(C)(C)C)n2)C1. The quantitative estimate of drug-likeness (QED) is 0.662. The van der Waals surface area contributed by atoms with E-state index in [0.717, 1.165) is 42.0 Å². The maximum absolute atomic E-state index is 12.3. The molecule has 1 amide bonds. The first-order valence-electron chi connectivity index (χ1n) is 11.6. The number of nitrogens with zero attached hydrogens (tertiary/aromatic N) is 2. The van der Waals surface area contributed by atoms with Crippen molar-refractivity contribution in [3.63, 3.8) is 0 Å². The van der Waals surface area contributed by atoms with Gasteiger partial charge in [0, 0.05) is 23.7 Å². The summed E-state index contributed by atoms with van der Waals surface area (Å²) >= 11 is 0. The molecule has 2 heterocycles. The van der Waals surface area contributed by atoms with E-state index in [2.05, 4.69) is 31.4 Å². The van der Waals surface area contributed by atoms with Gasteiger partial charge in [-0.15, -0.1) is 0 Å². The molecule has 0 unspecified atom stereocenters. The number of anilines is 2. The average molecular weight is 475 g/mol. The number of fused-ring (bicyclic) bond motifs is 1. The summed E-state index contributed by atoms with van der Waals surface area (Å²) in [5.41, 5.74) is 2.30. The van der Waals surface area contributed by atoms with Gasteiger partial charge in [-0.1, -0.05) is 6.07 Å². The van der Waals surface area contributed by atoms with E-state index in [9.17, 15) is 13.2 Å². The van der Waals surface area contributed by atoms with Crippen LogP contribution in [0.3, 0.4) is 0 Å². The molecule has 0 bridgehead atoms. The van der Waals surface area contributed by atoms with Crippen LogP contribution in [0.1, 0.15) is 71.1 Å². The molecule has 1 aromatic carbocycles. The number of aryl methyl sites for hydroxylation is 1. The Morgan fingerprint density at radius 3 is 2.67 bits per heavy atom. The maximum Gasteiger partial charge on any atom is 0.407 e. The van der Waals surface area contributed by atoms with Crippen LogP contribution < -0.4 is 10.6 Å². The van der Waals surface area contributed by atoms with Gasteiger partial charge in [0.25, 0.3) is 0 Å². The minimum absolute atomic E-state index is 0.0417. The number of nitrogens with one attached hydrogen (secondary N) is 2. The summed E-state index contributed by atoms with van der Waals surface area (Å²) in [5, 5.41) is 11.1. The van der Waals surface area contributed by atoms with Crippen molar-refractivity contribution in [2.45, 2.75) is 88.8 Å². The summed E-state index contributed by atoms with van der Waals surface area (Å²) in [7, 11) is -3.20. The largest absolute Gasteiger partial charge is 0.446 e. The average Bonchev–Trinajstić information content (AvgIpc) is 3.39. The fourth-order valence-electron chi connectivity index (χ4n) is 4.57. The predicted molar refractivity (Wildman–Crippen MR) is 128 cm³/mol. The smallest absolute Gasteiger partial charge is 0.407 e. The number of alkyl carbamates (subject to hydrolysis) is 1. The van der Waals surface area contributed by atoms with Gasteiger partial charge in [-0.3, -0.25) is 0 Å². The number of carbonyl (C=O) groups is 1. The van der Waals surface area contributed by atoms with Crippen LogP contribution in [0.15, 0.2) is 29.2 Å². The van der Waals surface area contributed by atoms with Crippen LogP contribution in [0.25, 0.3) is 0 Å². The van der Waals surface area contributed by atoms with E-state index < -0.39 is 9.84 Å². The van der Waals surface area contributed by atoms with Gasteiger partial charge >= 0.3 is 6.09 Å². The number of sulfone groups is 1. The predicted octanol–water partition coefficient (Wildman–Crippen LogP) is 4.48. The number of ether oxygens (including phenoxy) is 1. The number of hydrogen-bond donors (Lipinski definition) is 2. The molecule has 4 rings (SSSR count). The van der Waals surface area contributed by atoms with Crippen LogP contribution in [-0.4, -0.2) is 42.2 Å². The molecule has 1 saturated carbocycles. The third-order valence-corrected chi connectivity index (χ3v) is 7.95. The zero-order valence-electron chi connectivity index (χ0n) is 20.0. The van der Waals surface area contributed by atoms with Gasteiger partial charge in [-0.25, -0.2) is 17.9 Å². The van der Waals surface area contributed by atoms with Crippen molar-refractivity contribution in [2.75, 3.05) is 11.1 Å². The third kappa shape index (κ3) is 5.18. The van der Waals surface area contributed by atoms with Gasteiger partial charge in [0.15, 0.2) is 9.84 Å². The summed E-state index contributed by atoms with van der Waals surface area (Å²) in [4.78, 5) is 12.4. The molecule has 2 aromatic rings. The van der Waals surface area contributed by atoms with Crippen molar-refractivity contribution >= 4 is 27.4 Å². The second kappa shape index (κ2) is 8.66. The van der Waals surface area contributed by atoms with E-state index in [4.69, 9.17) is 9.84 Å². The van der Waals surface area contributed by atoms with E-state index in [1.54, 1.807) is 6.07 Å². The Balaban J connectivity index is 1.54. The van der Waals surface area contributed by atoms with Crippen molar-refractivity contribution in [3.05, 3.63) is 35.5 Å². The van der Waals surface area contributed by atoms with Crippen LogP contribution in [-0.2, 0) is 26.5 Å². The van der Waals surface area contributed by atoms with Gasteiger partial charge in [0.05, 0.1) is 21.9 Å². The molecule has 8 nitrogen and oxygen atoms in total. The van der Waals surface area contributed by atoms with Crippen molar-refractivity contribution in [1.29, 1.82) is 0 Å². The molecular weight excluding hydrogens is 440 g/mol. The highest BCUT2D eigenvalue weighted by Crippen LogP contribution is 2.38. The van der Waals surface area contributed by atoms with E-state index in [0.29, 0.717) is 11.3 Å². The first-order valence-corrected chi connectivity index (χ1v) is 13.3. The Bertz CT molecular complexity index is 1150. The molecule has 0 radical (unpaired) electrons. The Morgan fingerprint density at radius 1 is 1.21 bits per heavy atom. The lowest BCUT2D eigenvalue weighted by Gasteiger charge is -2.23. The zero-order chi connectivity index (χ0) is 24.0. The first kappa shape index (κ1) is 23.6. The summed E-state index contributed by atoms with van der Waals surface area (Å²) < 4.78 is 32.2. The molecule has 1 fully saturated rings. The van der Waals surface area contributed by atoms with Crippen LogP contribution in [0.4, 0.5) is 16.3 Å². The van der Waals surface area contributed by atoms with Crippen molar-refractivity contribution in [3.8, 4) is 0 Å². The second-order valence-electron chi connectivity index (χ2n) is 10.4. The molecule has 33 heavy (non-hydrogen) atoms. The number of amides is 1. The monoisotopic (exact) mass is 474 g/mol. The molecule has 1 aliphatic heterocycles. The molecule has 0 spiro atoms. The number of hydrogen-bond acceptors (Lipinski definition) is 6. The van der Waals surface area contributed by atoms with Gasteiger partial charge in [-0.05, 0) is 78.0 Å². The van der Waals surface area contributed by atoms with E-state index >= 15 is 0 Å². The lowest BCUT2D eigenvalue weighted by atomic mass is 10.0. The lowest BCUT2D eigenvalue weighted by molar-refractivity contribution is 0.0981. The summed E-state index contributed by atoms with van der Waals surface area (Å²) in [5.74, 6) is 1.19. The van der Waals surface area contributed by atoms with Gasteiger partial charge in [-0.2, -0.15) is 5.10 Å².